The zero-order chi connectivity index (χ0) is 17.0. The van der Waals surface area contributed by atoms with Crippen LogP contribution in [0.4, 0.5) is 15.8 Å². The van der Waals surface area contributed by atoms with Crippen molar-refractivity contribution in [3.05, 3.63) is 70.8 Å². The van der Waals surface area contributed by atoms with Crippen LogP contribution in [0.1, 0.15) is 36.0 Å². The van der Waals surface area contributed by atoms with E-state index in [9.17, 15) is 4.39 Å². The van der Waals surface area contributed by atoms with Crippen LogP contribution in [0.15, 0.2) is 48.3 Å². The quantitative estimate of drug-likeness (QED) is 0.715. The van der Waals surface area contributed by atoms with E-state index < -0.39 is 0 Å². The Labute approximate surface area is 137 Å². The van der Waals surface area contributed by atoms with E-state index in [-0.39, 0.29) is 11.7 Å². The summed E-state index contributed by atoms with van der Waals surface area (Å²) in [5.41, 5.74) is 16.8. The molecule has 0 bridgehead atoms. The molecule has 5 N–H and O–H groups in total. The molecule has 0 aliphatic rings. The molecule has 1 unspecified atom stereocenters. The van der Waals surface area contributed by atoms with E-state index in [4.69, 9.17) is 11.5 Å². The lowest BCUT2D eigenvalue weighted by Crippen LogP contribution is -2.07. The predicted molar refractivity (Wildman–Crippen MR) is 95.7 cm³/mol. The molecule has 122 valence electrons. The fourth-order valence-electron chi connectivity index (χ4n) is 2.54. The van der Waals surface area contributed by atoms with Crippen LogP contribution in [-0.4, -0.2) is 0 Å². The molecular weight excluding hydrogens is 289 g/mol. The zero-order valence-electron chi connectivity index (χ0n) is 13.9. The number of nitrogens with one attached hydrogen (secondary N) is 1. The van der Waals surface area contributed by atoms with E-state index in [0.717, 1.165) is 16.8 Å². The van der Waals surface area contributed by atoms with Gasteiger partial charge in [-0.3, -0.25) is 0 Å². The van der Waals surface area contributed by atoms with Gasteiger partial charge in [-0.05, 0) is 61.1 Å². The number of halogens is 1. The van der Waals surface area contributed by atoms with Gasteiger partial charge in [0.15, 0.2) is 0 Å². The molecule has 0 saturated carbocycles. The summed E-state index contributed by atoms with van der Waals surface area (Å²) in [5.74, 6) is -0.176. The first-order valence-corrected chi connectivity index (χ1v) is 7.70. The molecule has 0 amide bonds. The van der Waals surface area contributed by atoms with Gasteiger partial charge in [0.25, 0.3) is 0 Å². The van der Waals surface area contributed by atoms with Crippen molar-refractivity contribution in [2.75, 3.05) is 11.1 Å². The summed E-state index contributed by atoms with van der Waals surface area (Å²) in [4.78, 5) is 0. The molecule has 1 atom stereocenters. The summed E-state index contributed by atoms with van der Waals surface area (Å²) in [6, 6.07) is 11.1. The lowest BCUT2D eigenvalue weighted by atomic mass is 9.95. The number of nitrogen functional groups attached to an aromatic ring is 1. The van der Waals surface area contributed by atoms with Crippen molar-refractivity contribution in [3.63, 3.8) is 0 Å². The van der Waals surface area contributed by atoms with Gasteiger partial charge in [-0.1, -0.05) is 25.1 Å². The summed E-state index contributed by atoms with van der Waals surface area (Å²) < 4.78 is 14.0. The Kier molecular flexibility index (Phi) is 5.27. The maximum Gasteiger partial charge on any atom is 0.126 e. The van der Waals surface area contributed by atoms with Crippen molar-refractivity contribution < 1.29 is 4.39 Å². The molecule has 0 radical (unpaired) electrons. The van der Waals surface area contributed by atoms with Crippen molar-refractivity contribution in [1.29, 1.82) is 0 Å². The number of hydrogen-bond donors (Lipinski definition) is 3. The second-order valence-corrected chi connectivity index (χ2v) is 6.08. The van der Waals surface area contributed by atoms with Crippen LogP contribution in [0.25, 0.3) is 0 Å². The maximum absolute atomic E-state index is 14.0. The third-order valence-corrected chi connectivity index (χ3v) is 3.85. The summed E-state index contributed by atoms with van der Waals surface area (Å²) in [7, 11) is 0. The van der Waals surface area contributed by atoms with Gasteiger partial charge in [0.2, 0.25) is 0 Å². The minimum Gasteiger partial charge on any atom is -0.401 e. The topological polar surface area (TPSA) is 64.1 Å². The second kappa shape index (κ2) is 7.18. The van der Waals surface area contributed by atoms with E-state index in [0.29, 0.717) is 23.4 Å². The molecule has 0 saturated heterocycles. The first-order chi connectivity index (χ1) is 10.9. The molecule has 2 aromatic carbocycles. The Hall–Kier alpha value is -2.49. The van der Waals surface area contributed by atoms with Crippen LogP contribution in [-0.2, 0) is 0 Å². The van der Waals surface area contributed by atoms with Gasteiger partial charge in [0.1, 0.15) is 5.82 Å². The Morgan fingerprint density at radius 2 is 1.83 bits per heavy atom. The van der Waals surface area contributed by atoms with E-state index in [1.54, 1.807) is 12.3 Å². The summed E-state index contributed by atoms with van der Waals surface area (Å²) >= 11 is 0. The number of benzene rings is 2. The molecule has 0 aliphatic heterocycles. The van der Waals surface area contributed by atoms with Gasteiger partial charge in [-0.25, -0.2) is 4.39 Å². The molecule has 0 aliphatic carbocycles. The minimum atomic E-state index is -0.180. The van der Waals surface area contributed by atoms with Crippen molar-refractivity contribution in [3.8, 4) is 0 Å². The standard InChI is InChI=1S/C19H24FN3/c1-12-4-6-16(17(20)8-12)14(3)10-15(21)11-23-19-7-5-13(2)9-18(19)22/h4-9,11,14,23H,10,21-22H2,1-3H3/b15-11-. The van der Waals surface area contributed by atoms with Gasteiger partial charge in [-0.15, -0.1) is 0 Å². The van der Waals surface area contributed by atoms with Crippen molar-refractivity contribution in [1.82, 2.24) is 0 Å². The molecular formula is C19H24FN3. The van der Waals surface area contributed by atoms with E-state index in [1.165, 1.54) is 0 Å². The summed E-state index contributed by atoms with van der Waals surface area (Å²) in [6.45, 7) is 5.83. The van der Waals surface area contributed by atoms with Crippen LogP contribution < -0.4 is 16.8 Å². The molecule has 2 rings (SSSR count). The minimum absolute atomic E-state index is 0.00372. The van der Waals surface area contributed by atoms with Crippen LogP contribution >= 0.6 is 0 Å². The average Bonchev–Trinajstić information content (AvgIpc) is 2.46. The highest BCUT2D eigenvalue weighted by atomic mass is 19.1. The monoisotopic (exact) mass is 313 g/mol. The number of rotatable bonds is 5. The molecule has 4 heteroatoms. The summed E-state index contributed by atoms with van der Waals surface area (Å²) in [6.07, 6.45) is 2.29. The van der Waals surface area contributed by atoms with Crippen molar-refractivity contribution in [2.24, 2.45) is 5.73 Å². The van der Waals surface area contributed by atoms with Crippen LogP contribution in [0, 0.1) is 19.7 Å². The molecule has 0 aromatic heterocycles. The van der Waals surface area contributed by atoms with Crippen LogP contribution in [0.3, 0.4) is 0 Å². The molecule has 0 heterocycles. The lowest BCUT2D eigenvalue weighted by Gasteiger charge is -2.14. The lowest BCUT2D eigenvalue weighted by molar-refractivity contribution is 0.585. The highest BCUT2D eigenvalue weighted by molar-refractivity contribution is 5.68. The molecule has 0 spiro atoms. The molecule has 3 nitrogen and oxygen atoms in total. The average molecular weight is 313 g/mol. The van der Waals surface area contributed by atoms with E-state index in [1.807, 2.05) is 51.1 Å². The number of allylic oxidation sites excluding steroid dienone is 1. The largest absolute Gasteiger partial charge is 0.401 e. The van der Waals surface area contributed by atoms with Crippen molar-refractivity contribution >= 4 is 11.4 Å². The summed E-state index contributed by atoms with van der Waals surface area (Å²) in [5, 5.41) is 3.11. The Bertz CT molecular complexity index is 723. The number of aryl methyl sites for hydroxylation is 2. The molecule has 2 aromatic rings. The predicted octanol–water partition coefficient (Wildman–Crippen LogP) is 4.43. The van der Waals surface area contributed by atoms with Gasteiger partial charge in [0.05, 0.1) is 11.4 Å². The third kappa shape index (κ3) is 4.49. The SMILES string of the molecule is Cc1ccc(N/C=C(\N)CC(C)c2ccc(C)cc2F)c(N)c1. The normalized spacial score (nSPS) is 13.0. The highest BCUT2D eigenvalue weighted by Gasteiger charge is 2.12. The Balaban J connectivity index is 2.04. The number of anilines is 2. The third-order valence-electron chi connectivity index (χ3n) is 3.85. The van der Waals surface area contributed by atoms with Gasteiger partial charge in [-0.2, -0.15) is 0 Å². The van der Waals surface area contributed by atoms with Crippen molar-refractivity contribution in [2.45, 2.75) is 33.1 Å². The van der Waals surface area contributed by atoms with Crippen LogP contribution in [0.2, 0.25) is 0 Å². The van der Waals surface area contributed by atoms with E-state index in [2.05, 4.69) is 5.32 Å². The fraction of sp³-hybridized carbons (Fsp3) is 0.263. The number of nitrogens with two attached hydrogens (primary N) is 2. The fourth-order valence-corrected chi connectivity index (χ4v) is 2.54. The Morgan fingerprint density at radius 3 is 2.48 bits per heavy atom. The molecule has 23 heavy (non-hydrogen) atoms. The maximum atomic E-state index is 14.0. The van der Waals surface area contributed by atoms with Gasteiger partial charge < -0.3 is 16.8 Å². The Morgan fingerprint density at radius 1 is 1.17 bits per heavy atom. The highest BCUT2D eigenvalue weighted by Crippen LogP contribution is 2.25. The first-order valence-electron chi connectivity index (χ1n) is 7.70. The first kappa shape index (κ1) is 16.9. The van der Waals surface area contributed by atoms with Crippen LogP contribution in [0.5, 0.6) is 0 Å². The molecule has 0 fully saturated rings. The van der Waals surface area contributed by atoms with Gasteiger partial charge >= 0.3 is 0 Å². The smallest absolute Gasteiger partial charge is 0.126 e. The number of hydrogen-bond acceptors (Lipinski definition) is 3. The second-order valence-electron chi connectivity index (χ2n) is 6.08. The van der Waals surface area contributed by atoms with Gasteiger partial charge in [0, 0.05) is 11.9 Å². The zero-order valence-corrected chi connectivity index (χ0v) is 13.9. The van der Waals surface area contributed by atoms with E-state index >= 15 is 0 Å².